The number of nitrogens with two attached hydrogens (primary N) is 1. The Morgan fingerprint density at radius 1 is 1.30 bits per heavy atom. The Morgan fingerprint density at radius 2 is 2.03 bits per heavy atom. The van der Waals surface area contributed by atoms with E-state index in [9.17, 15) is 4.79 Å². The van der Waals surface area contributed by atoms with Crippen LogP contribution in [-0.4, -0.2) is 45.2 Å². The highest BCUT2D eigenvalue weighted by atomic mass is 127. The molecule has 3 rings (SSSR count). The number of benzene rings is 2. The Labute approximate surface area is 199 Å². The van der Waals surface area contributed by atoms with Gasteiger partial charge in [-0.15, -0.1) is 24.0 Å². The van der Waals surface area contributed by atoms with E-state index in [-0.39, 0.29) is 30.0 Å². The largest absolute Gasteiger partial charge is 0.495 e. The molecule has 0 spiro atoms. The maximum atomic E-state index is 11.2. The Hall–Kier alpha value is -2.20. The van der Waals surface area contributed by atoms with Crippen molar-refractivity contribution in [2.45, 2.75) is 19.0 Å². The van der Waals surface area contributed by atoms with E-state index in [0.717, 1.165) is 42.5 Å². The van der Waals surface area contributed by atoms with Crippen molar-refractivity contribution >= 4 is 53.1 Å². The van der Waals surface area contributed by atoms with Gasteiger partial charge >= 0.3 is 0 Å². The Morgan fingerprint density at radius 3 is 2.67 bits per heavy atom. The molecule has 2 aromatic rings. The molecule has 0 bridgehead atoms. The number of rotatable bonds is 6. The van der Waals surface area contributed by atoms with Gasteiger partial charge in [-0.1, -0.05) is 23.7 Å². The van der Waals surface area contributed by atoms with Gasteiger partial charge in [-0.2, -0.15) is 0 Å². The van der Waals surface area contributed by atoms with Gasteiger partial charge < -0.3 is 26.0 Å². The highest BCUT2D eigenvalue weighted by molar-refractivity contribution is 14.0. The molecule has 4 N–H and O–H groups in total. The second kappa shape index (κ2) is 11.3. The fourth-order valence-corrected chi connectivity index (χ4v) is 3.53. The second-order valence-corrected chi connectivity index (χ2v) is 7.32. The third-order valence-corrected chi connectivity index (χ3v) is 5.17. The predicted octanol–water partition coefficient (Wildman–Crippen LogP) is 3.01. The van der Waals surface area contributed by atoms with E-state index in [1.54, 1.807) is 26.3 Å². The van der Waals surface area contributed by atoms with E-state index in [1.807, 2.05) is 30.3 Å². The molecular formula is C21H27ClIN5O2. The van der Waals surface area contributed by atoms with Crippen LogP contribution in [0.15, 0.2) is 47.5 Å². The average molecular weight is 544 g/mol. The summed E-state index contributed by atoms with van der Waals surface area (Å²) in [5.41, 5.74) is 7.81. The SMILES string of the molecule is CN=C(NCc1ccc(C(N)=O)cc1)NC1CCN(c2cc(Cl)ccc2OC)C1.I. The number of amides is 1. The molecule has 2 aromatic carbocycles. The number of nitrogens with one attached hydrogen (secondary N) is 2. The number of carbonyl (C=O) groups excluding carboxylic acids is 1. The van der Waals surface area contributed by atoms with E-state index in [4.69, 9.17) is 22.1 Å². The van der Waals surface area contributed by atoms with Crippen molar-refractivity contribution in [1.29, 1.82) is 0 Å². The number of aliphatic imine (C=N–C) groups is 1. The lowest BCUT2D eigenvalue weighted by atomic mass is 10.1. The third kappa shape index (κ3) is 6.15. The zero-order valence-electron chi connectivity index (χ0n) is 17.0. The van der Waals surface area contributed by atoms with Crippen molar-refractivity contribution in [3.63, 3.8) is 0 Å². The highest BCUT2D eigenvalue weighted by Crippen LogP contribution is 2.33. The van der Waals surface area contributed by atoms with Crippen LogP contribution in [0, 0.1) is 0 Å². The number of guanidine groups is 1. The van der Waals surface area contributed by atoms with E-state index >= 15 is 0 Å². The first kappa shape index (κ1) is 24.1. The quantitative estimate of drug-likeness (QED) is 0.296. The Bertz CT molecular complexity index is 891. The number of primary amides is 1. The summed E-state index contributed by atoms with van der Waals surface area (Å²) >= 11 is 6.17. The number of anilines is 1. The lowest BCUT2D eigenvalue weighted by Crippen LogP contribution is -2.44. The van der Waals surface area contributed by atoms with Crippen LogP contribution in [0.25, 0.3) is 0 Å². The highest BCUT2D eigenvalue weighted by Gasteiger charge is 2.25. The van der Waals surface area contributed by atoms with Crippen molar-refractivity contribution < 1.29 is 9.53 Å². The monoisotopic (exact) mass is 543 g/mol. The molecule has 9 heteroatoms. The number of hydrogen-bond donors (Lipinski definition) is 3. The van der Waals surface area contributed by atoms with Gasteiger partial charge in [-0.05, 0) is 42.3 Å². The van der Waals surface area contributed by atoms with Crippen LogP contribution >= 0.6 is 35.6 Å². The van der Waals surface area contributed by atoms with Gasteiger partial charge in [0.1, 0.15) is 5.75 Å². The molecule has 1 fully saturated rings. The topological polar surface area (TPSA) is 92.0 Å². The van der Waals surface area contributed by atoms with Crippen molar-refractivity contribution in [3.05, 3.63) is 58.6 Å². The molecule has 1 aliphatic heterocycles. The molecule has 1 amide bonds. The molecule has 30 heavy (non-hydrogen) atoms. The number of carbonyl (C=O) groups is 1. The lowest BCUT2D eigenvalue weighted by Gasteiger charge is -2.22. The van der Waals surface area contributed by atoms with Gasteiger partial charge in [0.2, 0.25) is 5.91 Å². The summed E-state index contributed by atoms with van der Waals surface area (Å²) in [4.78, 5) is 17.7. The first-order valence-corrected chi connectivity index (χ1v) is 9.82. The summed E-state index contributed by atoms with van der Waals surface area (Å²) in [6.07, 6.45) is 0.976. The smallest absolute Gasteiger partial charge is 0.248 e. The van der Waals surface area contributed by atoms with Crippen LogP contribution in [0.1, 0.15) is 22.3 Å². The fourth-order valence-electron chi connectivity index (χ4n) is 3.37. The molecule has 1 unspecified atom stereocenters. The van der Waals surface area contributed by atoms with Crippen molar-refractivity contribution in [2.75, 3.05) is 32.1 Å². The van der Waals surface area contributed by atoms with Gasteiger partial charge in [0.15, 0.2) is 5.96 Å². The molecule has 0 aliphatic carbocycles. The van der Waals surface area contributed by atoms with Crippen LogP contribution < -0.4 is 26.0 Å². The number of halogens is 2. The molecule has 0 aromatic heterocycles. The zero-order chi connectivity index (χ0) is 20.8. The van der Waals surface area contributed by atoms with E-state index in [2.05, 4.69) is 20.5 Å². The number of nitrogens with zero attached hydrogens (tertiary/aromatic N) is 2. The minimum absolute atomic E-state index is 0. The normalized spacial score (nSPS) is 16.0. The van der Waals surface area contributed by atoms with Crippen LogP contribution in [0.3, 0.4) is 0 Å². The van der Waals surface area contributed by atoms with Crippen LogP contribution in [0.5, 0.6) is 5.75 Å². The van der Waals surface area contributed by atoms with Gasteiger partial charge in [0.25, 0.3) is 0 Å². The molecule has 1 saturated heterocycles. The number of hydrogen-bond acceptors (Lipinski definition) is 4. The predicted molar refractivity (Wildman–Crippen MR) is 132 cm³/mol. The molecule has 1 atom stereocenters. The second-order valence-electron chi connectivity index (χ2n) is 6.88. The average Bonchev–Trinajstić information content (AvgIpc) is 3.19. The maximum absolute atomic E-state index is 11.2. The van der Waals surface area contributed by atoms with Crippen molar-refractivity contribution in [1.82, 2.24) is 10.6 Å². The Kier molecular flexibility index (Phi) is 9.04. The van der Waals surface area contributed by atoms with Gasteiger partial charge in [-0.25, -0.2) is 0 Å². The molecule has 162 valence electrons. The first-order chi connectivity index (χ1) is 14.0. The van der Waals surface area contributed by atoms with Gasteiger partial charge in [0.05, 0.1) is 12.8 Å². The summed E-state index contributed by atoms with van der Waals surface area (Å²) < 4.78 is 5.48. The Balaban J connectivity index is 0.00000320. The third-order valence-electron chi connectivity index (χ3n) is 4.93. The minimum Gasteiger partial charge on any atom is -0.495 e. The zero-order valence-corrected chi connectivity index (χ0v) is 20.1. The summed E-state index contributed by atoms with van der Waals surface area (Å²) in [7, 11) is 3.42. The molecular weight excluding hydrogens is 517 g/mol. The number of methoxy groups -OCH3 is 1. The molecule has 1 heterocycles. The first-order valence-electron chi connectivity index (χ1n) is 9.44. The maximum Gasteiger partial charge on any atom is 0.248 e. The molecule has 0 radical (unpaired) electrons. The molecule has 0 saturated carbocycles. The molecule has 1 aliphatic rings. The van der Waals surface area contributed by atoms with Crippen LogP contribution in [0.2, 0.25) is 5.02 Å². The minimum atomic E-state index is -0.427. The lowest BCUT2D eigenvalue weighted by molar-refractivity contribution is 0.100. The van der Waals surface area contributed by atoms with Gasteiger partial charge in [-0.3, -0.25) is 9.79 Å². The van der Waals surface area contributed by atoms with E-state index in [0.29, 0.717) is 17.1 Å². The summed E-state index contributed by atoms with van der Waals surface area (Å²) in [5, 5.41) is 7.46. The van der Waals surface area contributed by atoms with Crippen LogP contribution in [-0.2, 0) is 6.54 Å². The fraction of sp³-hybridized carbons (Fsp3) is 0.333. The van der Waals surface area contributed by atoms with Crippen LogP contribution in [0.4, 0.5) is 5.69 Å². The summed E-state index contributed by atoms with van der Waals surface area (Å²) in [6.45, 7) is 2.32. The van der Waals surface area contributed by atoms with Gasteiger partial charge in [0, 0.05) is 43.3 Å². The number of ether oxygens (including phenoxy) is 1. The summed E-state index contributed by atoms with van der Waals surface area (Å²) in [5.74, 6) is 1.12. The summed E-state index contributed by atoms with van der Waals surface area (Å²) in [6, 6.07) is 13.1. The van der Waals surface area contributed by atoms with Crippen molar-refractivity contribution in [2.24, 2.45) is 10.7 Å². The standard InChI is InChI=1S/C21H26ClN5O2.HI/c1-24-21(25-12-14-3-5-15(6-4-14)20(23)28)26-17-9-10-27(13-17)18-11-16(22)7-8-19(18)29-2;/h3-8,11,17H,9-10,12-13H2,1-2H3,(H2,23,28)(H2,24,25,26);1H. The molecule has 7 nitrogen and oxygen atoms in total. The van der Waals surface area contributed by atoms with E-state index in [1.165, 1.54) is 0 Å². The van der Waals surface area contributed by atoms with Crippen molar-refractivity contribution in [3.8, 4) is 5.75 Å². The van der Waals surface area contributed by atoms with E-state index < -0.39 is 5.91 Å².